The number of nitrogens with one attached hydrogen (secondary N) is 2. The van der Waals surface area contributed by atoms with E-state index in [-0.39, 0.29) is 12.1 Å². The van der Waals surface area contributed by atoms with Gasteiger partial charge in [0.15, 0.2) is 0 Å². The van der Waals surface area contributed by atoms with E-state index >= 15 is 0 Å². The Bertz CT molecular complexity index is 1300. The second-order valence-electron chi connectivity index (χ2n) is 8.33. The molecule has 3 atom stereocenters. The van der Waals surface area contributed by atoms with Gasteiger partial charge in [0.25, 0.3) is 5.91 Å². The number of pyridine rings is 1. The van der Waals surface area contributed by atoms with Crippen molar-refractivity contribution in [1.82, 2.24) is 15.6 Å². The number of carbonyl (C=O) groups is 2. The van der Waals surface area contributed by atoms with Crippen LogP contribution in [0, 0.1) is 11.6 Å². The molecule has 0 bridgehead atoms. The van der Waals surface area contributed by atoms with Crippen LogP contribution in [0.5, 0.6) is 0 Å². The van der Waals surface area contributed by atoms with E-state index < -0.39 is 41.8 Å². The summed E-state index contributed by atoms with van der Waals surface area (Å²) in [5.74, 6) is -2.46. The van der Waals surface area contributed by atoms with Crippen molar-refractivity contribution >= 4 is 23.2 Å². The van der Waals surface area contributed by atoms with Gasteiger partial charge in [-0.1, -0.05) is 24.3 Å². The molecule has 1 aliphatic rings. The summed E-state index contributed by atoms with van der Waals surface area (Å²) in [5.41, 5.74) is 2.08. The lowest BCUT2D eigenvalue weighted by molar-refractivity contribution is -0.128. The van der Waals surface area contributed by atoms with Crippen molar-refractivity contribution in [3.05, 3.63) is 95.3 Å². The number of benzene rings is 2. The first kappa shape index (κ1) is 25.1. The fraction of sp³-hybridized carbons (Fsp3) is 0.231. The van der Waals surface area contributed by atoms with E-state index in [2.05, 4.69) is 20.6 Å². The van der Waals surface area contributed by atoms with Gasteiger partial charge in [0, 0.05) is 30.9 Å². The molecule has 4 rings (SSSR count). The van der Waals surface area contributed by atoms with Gasteiger partial charge in [0.1, 0.15) is 11.6 Å². The number of likely N-dealkylation sites (N-methyl/N-ethyl adjacent to an activating group) is 1. The van der Waals surface area contributed by atoms with Crippen LogP contribution in [-0.2, 0) is 9.59 Å². The van der Waals surface area contributed by atoms with Crippen LogP contribution in [0.3, 0.4) is 0 Å². The maximum atomic E-state index is 13.9. The van der Waals surface area contributed by atoms with Crippen LogP contribution < -0.4 is 15.5 Å². The predicted octanol–water partition coefficient (Wildman–Crippen LogP) is 2.33. The van der Waals surface area contributed by atoms with E-state index in [0.717, 1.165) is 18.2 Å². The molecule has 186 valence electrons. The van der Waals surface area contributed by atoms with Crippen molar-refractivity contribution in [1.29, 1.82) is 0 Å². The Balaban J connectivity index is 1.52. The maximum absolute atomic E-state index is 13.9. The molecule has 3 aromatic rings. The third-order valence-electron chi connectivity index (χ3n) is 5.86. The van der Waals surface area contributed by atoms with E-state index in [1.807, 2.05) is 12.1 Å². The third-order valence-corrected chi connectivity index (χ3v) is 5.86. The van der Waals surface area contributed by atoms with Crippen molar-refractivity contribution in [3.8, 4) is 0 Å². The van der Waals surface area contributed by atoms with Crippen LogP contribution in [-0.4, -0.2) is 53.4 Å². The van der Waals surface area contributed by atoms with Gasteiger partial charge >= 0.3 is 0 Å². The predicted molar refractivity (Wildman–Crippen MR) is 130 cm³/mol. The lowest BCUT2D eigenvalue weighted by Gasteiger charge is -2.22. The maximum Gasteiger partial charge on any atom is 0.272 e. The number of rotatable bonds is 7. The lowest BCUT2D eigenvalue weighted by atomic mass is 10.0. The number of benzodiazepines with no additional fused rings is 1. The van der Waals surface area contributed by atoms with Gasteiger partial charge in [-0.15, -0.1) is 0 Å². The van der Waals surface area contributed by atoms with Gasteiger partial charge in [0.2, 0.25) is 12.1 Å². The van der Waals surface area contributed by atoms with Crippen LogP contribution in [0.25, 0.3) is 0 Å². The molecule has 0 spiro atoms. The molecule has 1 unspecified atom stereocenters. The van der Waals surface area contributed by atoms with Crippen LogP contribution in [0.2, 0.25) is 0 Å². The number of amides is 2. The van der Waals surface area contributed by atoms with Gasteiger partial charge < -0.3 is 20.6 Å². The number of aliphatic imine (C=N–C) groups is 1. The highest BCUT2D eigenvalue weighted by atomic mass is 19.1. The number of carbonyl (C=O) groups excluding carboxylic acids is 2. The van der Waals surface area contributed by atoms with Crippen LogP contribution in [0.15, 0.2) is 71.9 Å². The molecule has 2 amide bonds. The number of aliphatic hydroxyl groups is 1. The number of nitrogens with zero attached hydrogens (tertiary/aromatic N) is 3. The number of aliphatic hydroxyl groups excluding tert-OH is 1. The fourth-order valence-corrected chi connectivity index (χ4v) is 3.84. The molecule has 0 saturated carbocycles. The molecule has 1 aliphatic heterocycles. The summed E-state index contributed by atoms with van der Waals surface area (Å²) in [7, 11) is 1.60. The van der Waals surface area contributed by atoms with E-state index in [4.69, 9.17) is 0 Å². The molecular formula is C26H25F2N5O3. The van der Waals surface area contributed by atoms with Gasteiger partial charge in [-0.05, 0) is 43.3 Å². The van der Waals surface area contributed by atoms with E-state index in [1.165, 1.54) is 11.8 Å². The van der Waals surface area contributed by atoms with Gasteiger partial charge in [-0.25, -0.2) is 13.8 Å². The molecule has 0 radical (unpaired) electrons. The second-order valence-corrected chi connectivity index (χ2v) is 8.33. The molecule has 8 nitrogen and oxygen atoms in total. The van der Waals surface area contributed by atoms with Crippen molar-refractivity contribution in [2.24, 2.45) is 4.99 Å². The smallest absolute Gasteiger partial charge is 0.272 e. The summed E-state index contributed by atoms with van der Waals surface area (Å²) in [6, 6.07) is 14.5. The number of para-hydroxylation sites is 1. The first-order valence-corrected chi connectivity index (χ1v) is 11.3. The van der Waals surface area contributed by atoms with Crippen molar-refractivity contribution in [3.63, 3.8) is 0 Å². The Morgan fingerprint density at radius 1 is 1.14 bits per heavy atom. The van der Waals surface area contributed by atoms with Crippen molar-refractivity contribution < 1.29 is 23.5 Å². The van der Waals surface area contributed by atoms with Crippen LogP contribution in [0.1, 0.15) is 29.8 Å². The van der Waals surface area contributed by atoms with Gasteiger partial charge in [-0.2, -0.15) is 0 Å². The van der Waals surface area contributed by atoms with Crippen LogP contribution in [0.4, 0.5) is 14.5 Å². The zero-order valence-electron chi connectivity index (χ0n) is 19.7. The van der Waals surface area contributed by atoms with Gasteiger partial charge in [-0.3, -0.25) is 14.6 Å². The molecular weight excluding hydrogens is 468 g/mol. The molecule has 10 heteroatoms. The topological polar surface area (TPSA) is 107 Å². The fourth-order valence-electron chi connectivity index (χ4n) is 3.84. The normalized spacial score (nSPS) is 17.0. The number of halogens is 2. The average Bonchev–Trinajstić information content (AvgIpc) is 2.99. The van der Waals surface area contributed by atoms with Gasteiger partial charge in [0.05, 0.1) is 29.2 Å². The zero-order chi connectivity index (χ0) is 25.8. The Hall–Kier alpha value is -4.02. The molecule has 1 aromatic heterocycles. The minimum absolute atomic E-state index is 0.221. The molecule has 36 heavy (non-hydrogen) atoms. The van der Waals surface area contributed by atoms with E-state index in [0.29, 0.717) is 22.7 Å². The van der Waals surface area contributed by atoms with Crippen LogP contribution >= 0.6 is 0 Å². The standard InChI is InChI=1S/C26H25F2N5O3/c1-15(30-14-22(34)18-13-16(27)10-11-19(18)28)25(35)32-24-26(36)33(2)21-9-4-3-7-17(21)23(31-24)20-8-5-6-12-29-20/h3-13,15,22,24,30,34H,14H2,1-2H3,(H,32,35)/t15-,22+,24?/m0/s1. The van der Waals surface area contributed by atoms with Crippen molar-refractivity contribution in [2.45, 2.75) is 25.2 Å². The third kappa shape index (κ3) is 5.29. The largest absolute Gasteiger partial charge is 0.387 e. The lowest BCUT2D eigenvalue weighted by Crippen LogP contribution is -2.51. The number of hydrogen-bond acceptors (Lipinski definition) is 6. The molecule has 3 N–H and O–H groups in total. The Labute approximate surface area is 206 Å². The van der Waals surface area contributed by atoms with E-state index in [9.17, 15) is 23.5 Å². The number of fused-ring (bicyclic) bond motifs is 1. The Morgan fingerprint density at radius 3 is 2.64 bits per heavy atom. The first-order chi connectivity index (χ1) is 17.3. The number of hydrogen-bond donors (Lipinski definition) is 3. The molecule has 0 fully saturated rings. The SMILES string of the molecule is C[C@H](NC[C@@H](O)c1cc(F)ccc1F)C(=O)NC1N=C(c2ccccn2)c2ccccc2N(C)C1=O. The second kappa shape index (κ2) is 10.7. The number of anilines is 1. The summed E-state index contributed by atoms with van der Waals surface area (Å²) >= 11 is 0. The summed E-state index contributed by atoms with van der Waals surface area (Å²) < 4.78 is 27.4. The quantitative estimate of drug-likeness (QED) is 0.469. The first-order valence-electron chi connectivity index (χ1n) is 11.3. The monoisotopic (exact) mass is 493 g/mol. The summed E-state index contributed by atoms with van der Waals surface area (Å²) in [6.45, 7) is 1.30. The molecule has 0 saturated heterocycles. The highest BCUT2D eigenvalue weighted by Gasteiger charge is 2.32. The number of aromatic nitrogens is 1. The highest BCUT2D eigenvalue weighted by molar-refractivity contribution is 6.19. The molecule has 2 heterocycles. The zero-order valence-corrected chi connectivity index (χ0v) is 19.7. The van der Waals surface area contributed by atoms with E-state index in [1.54, 1.807) is 43.6 Å². The summed E-state index contributed by atoms with van der Waals surface area (Å²) in [5, 5.41) is 15.7. The highest BCUT2D eigenvalue weighted by Crippen LogP contribution is 2.26. The molecule has 0 aliphatic carbocycles. The Morgan fingerprint density at radius 2 is 1.89 bits per heavy atom. The molecule has 2 aromatic carbocycles. The Kier molecular flexibility index (Phi) is 7.47. The minimum atomic E-state index is -1.38. The van der Waals surface area contributed by atoms with Crippen molar-refractivity contribution in [2.75, 3.05) is 18.5 Å². The minimum Gasteiger partial charge on any atom is -0.387 e. The average molecular weight is 494 g/mol. The summed E-state index contributed by atoms with van der Waals surface area (Å²) in [4.78, 5) is 36.5. The summed E-state index contributed by atoms with van der Waals surface area (Å²) in [6.07, 6.45) is -1.00.